The predicted octanol–water partition coefficient (Wildman–Crippen LogP) is 6.21. The zero-order chi connectivity index (χ0) is 27.2. The number of nitrogens with one attached hydrogen (secondary N) is 1. The number of carbonyl (C=O) groups excluding carboxylic acids is 1. The fourth-order valence-electron chi connectivity index (χ4n) is 5.68. The normalized spacial score (nSPS) is 15.4. The van der Waals surface area contributed by atoms with Crippen molar-refractivity contribution < 1.29 is 14.6 Å². The van der Waals surface area contributed by atoms with Crippen molar-refractivity contribution in [3.05, 3.63) is 101 Å². The van der Waals surface area contributed by atoms with Gasteiger partial charge >= 0.3 is 0 Å². The number of likely N-dealkylation sites (tertiary alicyclic amines) is 1. The molecule has 9 heteroatoms. The van der Waals surface area contributed by atoms with Gasteiger partial charge in [-0.1, -0.05) is 48.5 Å². The van der Waals surface area contributed by atoms with Gasteiger partial charge in [-0.15, -0.1) is 0 Å². The Morgan fingerprint density at radius 3 is 2.30 bits per heavy atom. The molecule has 0 unspecified atom stereocenters. The minimum absolute atomic E-state index is 0.103. The molecular weight excluding hydrogens is 570 g/mol. The molecule has 1 saturated heterocycles. The maximum absolute atomic E-state index is 14.0. The van der Waals surface area contributed by atoms with E-state index in [-0.39, 0.29) is 23.6 Å². The van der Waals surface area contributed by atoms with Crippen LogP contribution in [0.5, 0.6) is 17.2 Å². The quantitative estimate of drug-likeness (QED) is 0.257. The van der Waals surface area contributed by atoms with E-state index in [4.69, 9.17) is 9.72 Å². The Hall–Kier alpha value is -4.37. The number of piperidine rings is 1. The highest BCUT2D eigenvalue weighted by Crippen LogP contribution is 2.45. The summed E-state index contributed by atoms with van der Waals surface area (Å²) < 4.78 is 8.63. The molecule has 0 spiro atoms. The molecule has 0 aliphatic carbocycles. The highest BCUT2D eigenvalue weighted by Gasteiger charge is 2.36. The van der Waals surface area contributed by atoms with Gasteiger partial charge in [-0.05, 0) is 53.0 Å². The maximum atomic E-state index is 14.0. The van der Waals surface area contributed by atoms with Gasteiger partial charge in [0.05, 0.1) is 22.3 Å². The van der Waals surface area contributed by atoms with E-state index in [0.29, 0.717) is 30.0 Å². The standard InChI is InChI=1S/C31H26BrN5O3/c32-23-18-33-37-28(17-24(35-30(23)37)20-7-1-4-10-25(20)38)34-19-13-15-36(16-14-19)31(39)29-21-8-2-5-11-26(21)40-27-12-6-3-9-22(27)29/h1-12,17-19,29,34,38H,13-16H2. The summed E-state index contributed by atoms with van der Waals surface area (Å²) in [6.07, 6.45) is 3.29. The molecule has 1 fully saturated rings. The van der Waals surface area contributed by atoms with Gasteiger partial charge in [0.15, 0.2) is 5.65 Å². The number of nitrogens with zero attached hydrogens (tertiary/aromatic N) is 4. The summed E-state index contributed by atoms with van der Waals surface area (Å²) in [6, 6.07) is 24.8. The average molecular weight is 596 g/mol. The van der Waals surface area contributed by atoms with Gasteiger partial charge in [0.1, 0.15) is 23.1 Å². The molecule has 0 saturated carbocycles. The Kier molecular flexibility index (Phi) is 6.15. The fourth-order valence-corrected chi connectivity index (χ4v) is 6.03. The van der Waals surface area contributed by atoms with Crippen molar-refractivity contribution in [3.8, 4) is 28.5 Å². The first-order valence-electron chi connectivity index (χ1n) is 13.3. The first-order chi connectivity index (χ1) is 19.6. The average Bonchev–Trinajstić information content (AvgIpc) is 3.37. The zero-order valence-electron chi connectivity index (χ0n) is 21.5. The number of fused-ring (bicyclic) bond motifs is 3. The number of anilines is 1. The predicted molar refractivity (Wildman–Crippen MR) is 156 cm³/mol. The van der Waals surface area contributed by atoms with Gasteiger partial charge in [-0.3, -0.25) is 4.79 Å². The Morgan fingerprint density at radius 2 is 1.60 bits per heavy atom. The molecule has 2 N–H and O–H groups in total. The largest absolute Gasteiger partial charge is 0.507 e. The van der Waals surface area contributed by atoms with Gasteiger partial charge < -0.3 is 20.1 Å². The van der Waals surface area contributed by atoms with E-state index >= 15 is 0 Å². The molecule has 0 bridgehead atoms. The van der Waals surface area contributed by atoms with Crippen LogP contribution in [0.15, 0.2) is 89.5 Å². The van der Waals surface area contributed by atoms with E-state index in [1.165, 1.54) is 0 Å². The fraction of sp³-hybridized carbons (Fsp3) is 0.194. The maximum Gasteiger partial charge on any atom is 0.234 e. The Bertz CT molecular complexity index is 1700. The molecule has 200 valence electrons. The summed E-state index contributed by atoms with van der Waals surface area (Å²) in [5.74, 6) is 2.15. The second-order valence-electron chi connectivity index (χ2n) is 10.1. The number of halogens is 1. The first kappa shape index (κ1) is 24.7. The van der Waals surface area contributed by atoms with Gasteiger partial charge in [0, 0.05) is 41.9 Å². The van der Waals surface area contributed by atoms with Crippen LogP contribution in [0.1, 0.15) is 29.9 Å². The van der Waals surface area contributed by atoms with E-state index < -0.39 is 0 Å². The zero-order valence-corrected chi connectivity index (χ0v) is 23.1. The Labute approximate surface area is 239 Å². The van der Waals surface area contributed by atoms with Crippen LogP contribution < -0.4 is 10.1 Å². The number of ether oxygens (including phenoxy) is 1. The summed E-state index contributed by atoms with van der Waals surface area (Å²) in [5.41, 5.74) is 3.78. The molecule has 7 rings (SSSR count). The van der Waals surface area contributed by atoms with Crippen molar-refractivity contribution in [2.75, 3.05) is 18.4 Å². The molecule has 40 heavy (non-hydrogen) atoms. The van der Waals surface area contributed by atoms with E-state index in [0.717, 1.165) is 45.8 Å². The number of para-hydroxylation sites is 3. The summed E-state index contributed by atoms with van der Waals surface area (Å²) in [4.78, 5) is 20.7. The van der Waals surface area contributed by atoms with Gasteiger partial charge in [0.25, 0.3) is 0 Å². The number of aromatic hydroxyl groups is 1. The topological polar surface area (TPSA) is 92.0 Å². The lowest BCUT2D eigenvalue weighted by atomic mass is 9.86. The molecule has 5 aromatic rings. The third kappa shape index (κ3) is 4.26. The highest BCUT2D eigenvalue weighted by atomic mass is 79.9. The number of benzene rings is 3. The van der Waals surface area contributed by atoms with Gasteiger partial charge in [-0.25, -0.2) is 4.98 Å². The van der Waals surface area contributed by atoms with Crippen LogP contribution in [0.2, 0.25) is 0 Å². The minimum Gasteiger partial charge on any atom is -0.507 e. The summed E-state index contributed by atoms with van der Waals surface area (Å²) in [6.45, 7) is 1.28. The van der Waals surface area contributed by atoms with Crippen LogP contribution in [0, 0.1) is 0 Å². The second-order valence-corrected chi connectivity index (χ2v) is 11.0. The van der Waals surface area contributed by atoms with Crippen molar-refractivity contribution in [3.63, 3.8) is 0 Å². The molecule has 0 atom stereocenters. The number of amides is 1. The van der Waals surface area contributed by atoms with Crippen LogP contribution in [0.4, 0.5) is 5.82 Å². The Balaban J connectivity index is 1.12. The first-order valence-corrected chi connectivity index (χ1v) is 14.1. The van der Waals surface area contributed by atoms with Crippen molar-refractivity contribution in [1.29, 1.82) is 0 Å². The van der Waals surface area contributed by atoms with E-state index in [1.54, 1.807) is 22.8 Å². The number of rotatable bonds is 4. The van der Waals surface area contributed by atoms with Crippen molar-refractivity contribution in [1.82, 2.24) is 19.5 Å². The molecule has 4 heterocycles. The Morgan fingerprint density at radius 1 is 0.950 bits per heavy atom. The summed E-state index contributed by atoms with van der Waals surface area (Å²) in [7, 11) is 0. The number of hydrogen-bond acceptors (Lipinski definition) is 6. The number of phenols is 1. The molecule has 1 amide bonds. The van der Waals surface area contributed by atoms with Crippen LogP contribution in [-0.2, 0) is 4.79 Å². The summed E-state index contributed by atoms with van der Waals surface area (Å²) in [5, 5.41) is 18.6. The highest BCUT2D eigenvalue weighted by molar-refractivity contribution is 9.10. The number of carbonyl (C=O) groups is 1. The van der Waals surface area contributed by atoms with Crippen LogP contribution >= 0.6 is 15.9 Å². The lowest BCUT2D eigenvalue weighted by molar-refractivity contribution is -0.133. The van der Waals surface area contributed by atoms with Gasteiger partial charge in [-0.2, -0.15) is 9.61 Å². The van der Waals surface area contributed by atoms with Crippen molar-refractivity contribution in [2.45, 2.75) is 24.8 Å². The third-order valence-electron chi connectivity index (χ3n) is 7.69. The molecule has 2 aliphatic heterocycles. The summed E-state index contributed by atoms with van der Waals surface area (Å²) >= 11 is 3.55. The van der Waals surface area contributed by atoms with E-state index in [2.05, 4.69) is 26.3 Å². The third-order valence-corrected chi connectivity index (χ3v) is 8.25. The molecule has 0 radical (unpaired) electrons. The van der Waals surface area contributed by atoms with Crippen molar-refractivity contribution >= 4 is 33.3 Å². The SMILES string of the molecule is O=C(C1c2ccccc2Oc2ccccc21)N1CCC(Nc2cc(-c3ccccc3O)nc3c(Br)cnn23)CC1. The number of phenolic OH excluding ortho intramolecular Hbond substituents is 1. The lowest BCUT2D eigenvalue weighted by Gasteiger charge is -2.36. The minimum atomic E-state index is -0.381. The van der Waals surface area contributed by atoms with Crippen LogP contribution in [0.25, 0.3) is 16.9 Å². The number of aromatic nitrogens is 3. The molecule has 2 aromatic heterocycles. The monoisotopic (exact) mass is 595 g/mol. The van der Waals surface area contributed by atoms with Crippen LogP contribution in [-0.4, -0.2) is 49.6 Å². The van der Waals surface area contributed by atoms with Crippen molar-refractivity contribution in [2.24, 2.45) is 0 Å². The van der Waals surface area contributed by atoms with E-state index in [1.807, 2.05) is 71.6 Å². The van der Waals surface area contributed by atoms with E-state index in [9.17, 15) is 9.90 Å². The van der Waals surface area contributed by atoms with Crippen LogP contribution in [0.3, 0.4) is 0 Å². The molecule has 2 aliphatic rings. The number of hydrogen-bond donors (Lipinski definition) is 2. The second kappa shape index (κ2) is 9.98. The molecular formula is C31H26BrN5O3. The lowest BCUT2D eigenvalue weighted by Crippen LogP contribution is -2.45. The molecule has 8 nitrogen and oxygen atoms in total. The van der Waals surface area contributed by atoms with Gasteiger partial charge in [0.2, 0.25) is 5.91 Å². The molecule has 3 aromatic carbocycles. The smallest absolute Gasteiger partial charge is 0.234 e.